The smallest absolute Gasteiger partial charge is 0.421 e. The molecule has 0 bridgehead atoms. The number of rotatable bonds is 7. The highest BCUT2D eigenvalue weighted by atomic mass is 32.2. The lowest BCUT2D eigenvalue weighted by molar-refractivity contribution is 0.165. The van der Waals surface area contributed by atoms with Gasteiger partial charge >= 0.3 is 12.2 Å². The van der Waals surface area contributed by atoms with Crippen molar-refractivity contribution >= 4 is 27.9 Å². The quantitative estimate of drug-likeness (QED) is 0.735. The van der Waals surface area contributed by atoms with Gasteiger partial charge in [0.25, 0.3) is 10.0 Å². The highest BCUT2D eigenvalue weighted by molar-refractivity contribution is 7.90. The van der Waals surface area contributed by atoms with E-state index >= 15 is 0 Å². The van der Waals surface area contributed by atoms with Crippen molar-refractivity contribution < 1.29 is 27.5 Å². The number of benzene rings is 1. The normalized spacial score (nSPS) is 10.3. The second-order valence-corrected chi connectivity index (χ2v) is 5.71. The molecule has 0 atom stereocenters. The van der Waals surface area contributed by atoms with Crippen LogP contribution in [0, 0.1) is 0 Å². The number of sulfonamides is 1. The van der Waals surface area contributed by atoms with Gasteiger partial charge in [0.05, 0.1) is 4.90 Å². The number of nitrogens with one attached hydrogen (secondary N) is 2. The van der Waals surface area contributed by atoms with Crippen LogP contribution >= 0.6 is 0 Å². The van der Waals surface area contributed by atoms with E-state index in [1.165, 1.54) is 36.4 Å². The molecule has 23 heavy (non-hydrogen) atoms. The van der Waals surface area contributed by atoms with Gasteiger partial charge < -0.3 is 9.47 Å². The summed E-state index contributed by atoms with van der Waals surface area (Å²) in [4.78, 5) is 22.4. The molecule has 1 aromatic carbocycles. The molecule has 1 aromatic rings. The number of ether oxygens (including phenoxy) is 2. The van der Waals surface area contributed by atoms with Gasteiger partial charge in [-0.3, -0.25) is 5.32 Å². The second kappa shape index (κ2) is 8.59. The monoisotopic (exact) mass is 340 g/mol. The van der Waals surface area contributed by atoms with Gasteiger partial charge in [0.15, 0.2) is 0 Å². The molecule has 0 saturated heterocycles. The van der Waals surface area contributed by atoms with Crippen molar-refractivity contribution in [3.8, 4) is 0 Å². The summed E-state index contributed by atoms with van der Waals surface area (Å²) in [6.45, 7) is 6.67. The zero-order chi connectivity index (χ0) is 17.3. The van der Waals surface area contributed by atoms with Gasteiger partial charge in [-0.1, -0.05) is 25.3 Å². The van der Waals surface area contributed by atoms with Gasteiger partial charge in [-0.25, -0.2) is 22.7 Å². The van der Waals surface area contributed by atoms with Crippen molar-refractivity contribution in [2.24, 2.45) is 0 Å². The second-order valence-electron chi connectivity index (χ2n) is 4.03. The molecule has 0 heterocycles. The van der Waals surface area contributed by atoms with Crippen LogP contribution in [0.3, 0.4) is 0 Å². The lowest BCUT2D eigenvalue weighted by Gasteiger charge is -2.08. The zero-order valence-corrected chi connectivity index (χ0v) is 13.0. The topological polar surface area (TPSA) is 111 Å². The SMILES string of the molecule is C=CCOC(=O)Nc1ccc(S(=O)(=O)NC(=O)OCC=C)cc1. The minimum Gasteiger partial charge on any atom is -0.445 e. The molecular weight excluding hydrogens is 324 g/mol. The van der Waals surface area contributed by atoms with E-state index in [0.717, 1.165) is 0 Å². The number of hydrogen-bond acceptors (Lipinski definition) is 6. The van der Waals surface area contributed by atoms with E-state index in [4.69, 9.17) is 4.74 Å². The Hall–Kier alpha value is -2.81. The third-order valence-corrected chi connectivity index (χ3v) is 3.62. The molecule has 0 spiro atoms. The Morgan fingerprint density at radius 3 is 2.04 bits per heavy atom. The Morgan fingerprint density at radius 1 is 1.00 bits per heavy atom. The number of anilines is 1. The first-order valence-corrected chi connectivity index (χ1v) is 7.82. The summed E-state index contributed by atoms with van der Waals surface area (Å²) in [7, 11) is -4.07. The van der Waals surface area contributed by atoms with Crippen molar-refractivity contribution in [3.05, 3.63) is 49.6 Å². The van der Waals surface area contributed by atoms with Crippen LogP contribution in [0.1, 0.15) is 0 Å². The molecule has 8 nitrogen and oxygen atoms in total. The van der Waals surface area contributed by atoms with Crippen LogP contribution in [-0.2, 0) is 19.5 Å². The summed E-state index contributed by atoms with van der Waals surface area (Å²) >= 11 is 0. The zero-order valence-electron chi connectivity index (χ0n) is 12.2. The largest absolute Gasteiger partial charge is 0.445 e. The molecule has 124 valence electrons. The molecule has 0 aliphatic rings. The molecule has 0 aromatic heterocycles. The van der Waals surface area contributed by atoms with Gasteiger partial charge in [0.2, 0.25) is 0 Å². The maximum atomic E-state index is 11.9. The summed E-state index contributed by atoms with van der Waals surface area (Å²) in [5.74, 6) is 0. The Balaban J connectivity index is 2.71. The minimum absolute atomic E-state index is 0.0506. The van der Waals surface area contributed by atoms with E-state index in [9.17, 15) is 18.0 Å². The predicted molar refractivity (Wildman–Crippen MR) is 83.5 cm³/mol. The summed E-state index contributed by atoms with van der Waals surface area (Å²) in [6.07, 6.45) is 0.900. The first kappa shape index (κ1) is 18.2. The molecular formula is C14H16N2O6S. The molecule has 0 radical (unpaired) electrons. The molecule has 2 N–H and O–H groups in total. The van der Waals surface area contributed by atoms with Gasteiger partial charge in [-0.2, -0.15) is 0 Å². The standard InChI is InChI=1S/C14H16N2O6S/c1-3-9-21-13(17)15-11-5-7-12(8-6-11)23(19,20)16-14(18)22-10-4-2/h3-8H,1-2,9-10H2,(H,15,17)(H,16,18). The fourth-order valence-electron chi connectivity index (χ4n) is 1.34. The summed E-state index contributed by atoms with van der Waals surface area (Å²) in [6, 6.07) is 5.12. The lowest BCUT2D eigenvalue weighted by atomic mass is 10.3. The summed E-state index contributed by atoms with van der Waals surface area (Å²) in [5.41, 5.74) is 0.326. The Labute approximate surface area is 133 Å². The van der Waals surface area contributed by atoms with Gasteiger partial charge in [-0.05, 0) is 24.3 Å². The van der Waals surface area contributed by atoms with Crippen LogP contribution in [0.5, 0.6) is 0 Å². The third-order valence-electron chi connectivity index (χ3n) is 2.29. The fraction of sp³-hybridized carbons (Fsp3) is 0.143. The molecule has 0 aliphatic carbocycles. The van der Waals surface area contributed by atoms with Crippen molar-refractivity contribution in [3.63, 3.8) is 0 Å². The van der Waals surface area contributed by atoms with E-state index in [1.807, 2.05) is 0 Å². The molecule has 0 unspecified atom stereocenters. The Bertz CT molecular complexity index is 682. The first-order chi connectivity index (χ1) is 10.9. The molecule has 0 saturated carbocycles. The maximum absolute atomic E-state index is 11.9. The van der Waals surface area contributed by atoms with E-state index in [0.29, 0.717) is 5.69 Å². The lowest BCUT2D eigenvalue weighted by Crippen LogP contribution is -2.31. The van der Waals surface area contributed by atoms with Crippen LogP contribution in [0.25, 0.3) is 0 Å². The number of amides is 2. The van der Waals surface area contributed by atoms with Crippen molar-refractivity contribution in [2.75, 3.05) is 18.5 Å². The van der Waals surface area contributed by atoms with E-state index < -0.39 is 22.2 Å². The van der Waals surface area contributed by atoms with Crippen molar-refractivity contribution in [2.45, 2.75) is 4.90 Å². The summed E-state index contributed by atoms with van der Waals surface area (Å²) < 4.78 is 34.8. The minimum atomic E-state index is -4.07. The predicted octanol–water partition coefficient (Wildman–Crippen LogP) is 2.02. The average molecular weight is 340 g/mol. The van der Waals surface area contributed by atoms with Crippen LogP contribution < -0.4 is 10.0 Å². The van der Waals surface area contributed by atoms with Crippen molar-refractivity contribution in [1.82, 2.24) is 4.72 Å². The van der Waals surface area contributed by atoms with Crippen LogP contribution in [0.2, 0.25) is 0 Å². The number of hydrogen-bond donors (Lipinski definition) is 2. The van der Waals surface area contributed by atoms with Crippen LogP contribution in [0.4, 0.5) is 15.3 Å². The van der Waals surface area contributed by atoms with Gasteiger partial charge in [0, 0.05) is 5.69 Å². The fourth-order valence-corrected chi connectivity index (χ4v) is 2.23. The highest BCUT2D eigenvalue weighted by Gasteiger charge is 2.18. The molecule has 9 heteroatoms. The number of carbonyl (C=O) groups excluding carboxylic acids is 2. The maximum Gasteiger partial charge on any atom is 0.421 e. The van der Waals surface area contributed by atoms with Gasteiger partial charge in [0.1, 0.15) is 13.2 Å². The first-order valence-electron chi connectivity index (χ1n) is 6.34. The highest BCUT2D eigenvalue weighted by Crippen LogP contribution is 2.14. The van der Waals surface area contributed by atoms with E-state index in [2.05, 4.69) is 23.2 Å². The average Bonchev–Trinajstić information content (AvgIpc) is 2.51. The molecule has 1 rings (SSSR count). The molecule has 2 amide bonds. The van der Waals surface area contributed by atoms with Crippen molar-refractivity contribution in [1.29, 1.82) is 0 Å². The van der Waals surface area contributed by atoms with Gasteiger partial charge in [-0.15, -0.1) is 0 Å². The summed E-state index contributed by atoms with van der Waals surface area (Å²) in [5, 5.41) is 2.40. The third kappa shape index (κ3) is 6.22. The van der Waals surface area contributed by atoms with Crippen LogP contribution in [-0.4, -0.2) is 33.8 Å². The van der Waals surface area contributed by atoms with E-state index in [1.54, 1.807) is 4.72 Å². The molecule has 0 fully saturated rings. The Kier molecular flexibility index (Phi) is 6.81. The van der Waals surface area contributed by atoms with E-state index in [-0.39, 0.29) is 18.1 Å². The number of carbonyl (C=O) groups is 2. The Morgan fingerprint density at radius 2 is 1.52 bits per heavy atom. The molecule has 0 aliphatic heterocycles. The van der Waals surface area contributed by atoms with Crippen LogP contribution in [0.15, 0.2) is 54.5 Å².